The monoisotopic (exact) mass is 384 g/mol. The second-order valence-electron chi connectivity index (χ2n) is 11.3. The summed E-state index contributed by atoms with van der Waals surface area (Å²) in [5.74, 6) is 3.06. The molecule has 0 aromatic carbocycles. The molecule has 6 atom stereocenters. The lowest BCUT2D eigenvalue weighted by molar-refractivity contribution is -0.133. The van der Waals surface area contributed by atoms with E-state index in [-0.39, 0.29) is 0 Å². The van der Waals surface area contributed by atoms with Crippen molar-refractivity contribution >= 4 is 5.78 Å². The highest BCUT2D eigenvalue weighted by molar-refractivity contribution is 5.94. The Morgan fingerprint density at radius 2 is 1.71 bits per heavy atom. The fourth-order valence-electron chi connectivity index (χ4n) is 8.19. The van der Waals surface area contributed by atoms with Gasteiger partial charge in [0, 0.05) is 5.92 Å². The van der Waals surface area contributed by atoms with E-state index in [2.05, 4.69) is 26.8 Å². The van der Waals surface area contributed by atoms with Crippen molar-refractivity contribution in [2.45, 2.75) is 117 Å². The summed E-state index contributed by atoms with van der Waals surface area (Å²) in [5.41, 5.74) is 2.31. The predicted molar refractivity (Wildman–Crippen MR) is 118 cm³/mol. The van der Waals surface area contributed by atoms with E-state index in [1.807, 2.05) is 0 Å². The van der Waals surface area contributed by atoms with Gasteiger partial charge in [-0.1, -0.05) is 71.3 Å². The molecule has 0 aliphatic heterocycles. The molecular weight excluding hydrogens is 340 g/mol. The molecule has 0 heterocycles. The Bertz CT molecular complexity index is 603. The normalized spacial score (nSPS) is 42.5. The van der Waals surface area contributed by atoms with Gasteiger partial charge >= 0.3 is 0 Å². The van der Waals surface area contributed by atoms with Crippen LogP contribution in [0, 0.1) is 34.5 Å². The number of ketones is 1. The lowest BCUT2D eigenvalue weighted by Gasteiger charge is -2.56. The molecule has 0 aromatic heterocycles. The van der Waals surface area contributed by atoms with Crippen LogP contribution in [0.15, 0.2) is 11.6 Å². The third kappa shape index (κ3) is 3.43. The van der Waals surface area contributed by atoms with Crippen LogP contribution in [0.3, 0.4) is 0 Å². The third-order valence-electron chi connectivity index (χ3n) is 9.96. The van der Waals surface area contributed by atoms with E-state index in [1.165, 1.54) is 102 Å². The fourth-order valence-corrected chi connectivity index (χ4v) is 8.19. The largest absolute Gasteiger partial charge is 0.295 e. The number of fused-ring (bicyclic) bond motifs is 5. The minimum Gasteiger partial charge on any atom is -0.295 e. The molecule has 0 amide bonds. The van der Waals surface area contributed by atoms with Crippen LogP contribution in [0.25, 0.3) is 0 Å². The third-order valence-corrected chi connectivity index (χ3v) is 9.96. The van der Waals surface area contributed by atoms with E-state index < -0.39 is 0 Å². The van der Waals surface area contributed by atoms with Gasteiger partial charge in [-0.3, -0.25) is 4.79 Å². The number of hydrogen-bond acceptors (Lipinski definition) is 1. The Morgan fingerprint density at radius 1 is 0.929 bits per heavy atom. The molecule has 3 saturated carbocycles. The van der Waals surface area contributed by atoms with Crippen LogP contribution in [0.1, 0.15) is 117 Å². The van der Waals surface area contributed by atoms with E-state index in [0.29, 0.717) is 34.4 Å². The Kier molecular flexibility index (Phi) is 6.11. The summed E-state index contributed by atoms with van der Waals surface area (Å²) in [7, 11) is 0. The van der Waals surface area contributed by atoms with Crippen LogP contribution in [0.2, 0.25) is 0 Å². The highest BCUT2D eigenvalue weighted by Crippen LogP contribution is 2.66. The first-order chi connectivity index (χ1) is 13.5. The van der Waals surface area contributed by atoms with Crippen molar-refractivity contribution in [3.8, 4) is 0 Å². The molecule has 0 spiro atoms. The zero-order chi connectivity index (χ0) is 19.8. The predicted octanol–water partition coefficient (Wildman–Crippen LogP) is 7.89. The van der Waals surface area contributed by atoms with E-state index >= 15 is 0 Å². The lowest BCUT2D eigenvalue weighted by Crippen LogP contribution is -2.52. The first-order valence-electron chi connectivity index (χ1n) is 12.8. The van der Waals surface area contributed by atoms with Crippen LogP contribution >= 0.6 is 0 Å². The topological polar surface area (TPSA) is 17.1 Å². The van der Waals surface area contributed by atoms with Gasteiger partial charge in [0.05, 0.1) is 0 Å². The smallest absolute Gasteiger partial charge is 0.159 e. The average Bonchev–Trinajstić information content (AvgIpc) is 3.01. The molecule has 0 radical (unpaired) electrons. The molecule has 0 unspecified atom stereocenters. The maximum atomic E-state index is 13.3. The molecule has 4 aliphatic rings. The standard InChI is InChI=1S/C27H44O/c1-4-5-6-7-8-9-12-20-14-15-22-25-23(16-18-27(20,22)3)26(2)17-11-10-13-21(26)19-24(25)28/h19-20,22-23,25H,4-18H2,1-3H3/t20-,22-,23-,25-,26-,27+/m0/s1. The summed E-state index contributed by atoms with van der Waals surface area (Å²) in [6, 6.07) is 0. The minimum absolute atomic E-state index is 0.343. The molecule has 0 aromatic rings. The lowest BCUT2D eigenvalue weighted by atomic mass is 9.47. The number of rotatable bonds is 7. The molecule has 0 saturated heterocycles. The second kappa shape index (κ2) is 8.27. The van der Waals surface area contributed by atoms with E-state index in [4.69, 9.17) is 0 Å². The summed E-state index contributed by atoms with van der Waals surface area (Å²) >= 11 is 0. The van der Waals surface area contributed by atoms with E-state index in [1.54, 1.807) is 0 Å². The SMILES string of the molecule is CCCCCCCC[C@H]1CC[C@H]2[C@@H]3C(=O)C=C4CCCC[C@]4(C)[C@H]3CC[C@]12C. The highest BCUT2D eigenvalue weighted by Gasteiger charge is 2.60. The summed E-state index contributed by atoms with van der Waals surface area (Å²) < 4.78 is 0. The Labute approximate surface area is 174 Å². The molecule has 3 fully saturated rings. The number of unbranched alkanes of at least 4 members (excludes halogenated alkanes) is 5. The molecule has 1 heteroatoms. The van der Waals surface area contributed by atoms with Gasteiger partial charge in [-0.2, -0.15) is 0 Å². The zero-order valence-electron chi connectivity index (χ0n) is 18.9. The summed E-state index contributed by atoms with van der Waals surface area (Å²) in [5, 5.41) is 0. The Morgan fingerprint density at radius 3 is 2.54 bits per heavy atom. The molecule has 158 valence electrons. The summed E-state index contributed by atoms with van der Waals surface area (Å²) in [6.07, 6.45) is 22.6. The van der Waals surface area contributed by atoms with E-state index in [9.17, 15) is 4.79 Å². The van der Waals surface area contributed by atoms with Crippen LogP contribution in [0.5, 0.6) is 0 Å². The molecule has 0 N–H and O–H groups in total. The van der Waals surface area contributed by atoms with Gasteiger partial charge in [0.1, 0.15) is 0 Å². The number of carbonyl (C=O) groups is 1. The van der Waals surface area contributed by atoms with Gasteiger partial charge in [-0.25, -0.2) is 0 Å². The van der Waals surface area contributed by atoms with Crippen molar-refractivity contribution < 1.29 is 4.79 Å². The maximum absolute atomic E-state index is 13.3. The number of hydrogen-bond donors (Lipinski definition) is 0. The van der Waals surface area contributed by atoms with Crippen LogP contribution < -0.4 is 0 Å². The molecule has 4 rings (SSSR count). The molecule has 28 heavy (non-hydrogen) atoms. The van der Waals surface area contributed by atoms with Gasteiger partial charge in [-0.15, -0.1) is 0 Å². The Hall–Kier alpha value is -0.590. The van der Waals surface area contributed by atoms with E-state index in [0.717, 1.165) is 5.92 Å². The Balaban J connectivity index is 1.44. The van der Waals surface area contributed by atoms with Gasteiger partial charge in [0.15, 0.2) is 5.78 Å². The van der Waals surface area contributed by atoms with Crippen LogP contribution in [0.4, 0.5) is 0 Å². The van der Waals surface area contributed by atoms with Gasteiger partial charge < -0.3 is 0 Å². The van der Waals surface area contributed by atoms with Crippen molar-refractivity contribution in [2.75, 3.05) is 0 Å². The average molecular weight is 385 g/mol. The molecule has 1 nitrogen and oxygen atoms in total. The molecule has 4 aliphatic carbocycles. The number of carbonyl (C=O) groups excluding carboxylic acids is 1. The fraction of sp³-hybridized carbons (Fsp3) is 0.889. The van der Waals surface area contributed by atoms with Crippen LogP contribution in [-0.2, 0) is 4.79 Å². The van der Waals surface area contributed by atoms with Crippen molar-refractivity contribution in [1.29, 1.82) is 0 Å². The van der Waals surface area contributed by atoms with Gasteiger partial charge in [-0.05, 0) is 86.0 Å². The first-order valence-corrected chi connectivity index (χ1v) is 12.8. The molecular formula is C27H44O. The van der Waals surface area contributed by atoms with Crippen LogP contribution in [-0.4, -0.2) is 5.78 Å². The van der Waals surface area contributed by atoms with Crippen molar-refractivity contribution in [1.82, 2.24) is 0 Å². The van der Waals surface area contributed by atoms with Gasteiger partial charge in [0.2, 0.25) is 0 Å². The highest BCUT2D eigenvalue weighted by atomic mass is 16.1. The zero-order valence-corrected chi connectivity index (χ0v) is 18.9. The minimum atomic E-state index is 0.343. The summed E-state index contributed by atoms with van der Waals surface area (Å²) in [6.45, 7) is 7.40. The summed E-state index contributed by atoms with van der Waals surface area (Å²) in [4.78, 5) is 13.3. The van der Waals surface area contributed by atoms with Crippen molar-refractivity contribution in [2.24, 2.45) is 34.5 Å². The maximum Gasteiger partial charge on any atom is 0.159 e. The second-order valence-corrected chi connectivity index (χ2v) is 11.3. The van der Waals surface area contributed by atoms with Gasteiger partial charge in [0.25, 0.3) is 0 Å². The molecule has 0 bridgehead atoms. The first kappa shape index (κ1) is 20.7. The van der Waals surface area contributed by atoms with Crippen molar-refractivity contribution in [3.05, 3.63) is 11.6 Å². The van der Waals surface area contributed by atoms with Crippen molar-refractivity contribution in [3.63, 3.8) is 0 Å². The number of allylic oxidation sites excluding steroid dienone is 2. The quantitative estimate of drug-likeness (QED) is 0.408.